The number of nitro groups is 2. The lowest BCUT2D eigenvalue weighted by molar-refractivity contribution is -0.385. The standard InChI is InChI=1S/C26H25N7O6S/c34-32(35)23-4-1-3-20(17-23)19-29-13-15-30(16-14-29)25-10-9-24(18-26(25)33(36)37)40(38,39)28-21-5-7-22(8-6-21)31-12-2-11-27-31/h1-12,17-18,28H,13-16,19H2. The van der Waals surface area contributed by atoms with Crippen molar-refractivity contribution < 1.29 is 18.3 Å². The van der Waals surface area contributed by atoms with Gasteiger partial charge in [-0.05, 0) is 48.0 Å². The van der Waals surface area contributed by atoms with Gasteiger partial charge in [0.25, 0.3) is 21.4 Å². The van der Waals surface area contributed by atoms with Crippen molar-refractivity contribution in [2.24, 2.45) is 0 Å². The minimum Gasteiger partial charge on any atom is -0.363 e. The van der Waals surface area contributed by atoms with Crippen molar-refractivity contribution in [2.75, 3.05) is 35.8 Å². The van der Waals surface area contributed by atoms with E-state index in [1.165, 1.54) is 24.3 Å². The molecule has 1 N–H and O–H groups in total. The zero-order valence-electron chi connectivity index (χ0n) is 21.2. The highest BCUT2D eigenvalue weighted by Crippen LogP contribution is 2.32. The van der Waals surface area contributed by atoms with Gasteiger partial charge in [0.1, 0.15) is 5.69 Å². The first-order valence-electron chi connectivity index (χ1n) is 12.3. The number of hydrogen-bond acceptors (Lipinski definition) is 9. The summed E-state index contributed by atoms with van der Waals surface area (Å²) in [5, 5.41) is 27.1. The van der Waals surface area contributed by atoms with Gasteiger partial charge in [0, 0.05) is 69.0 Å². The van der Waals surface area contributed by atoms with Crippen LogP contribution in [-0.2, 0) is 16.6 Å². The van der Waals surface area contributed by atoms with Crippen LogP contribution in [0, 0.1) is 20.2 Å². The number of hydrogen-bond donors (Lipinski definition) is 1. The lowest BCUT2D eigenvalue weighted by Crippen LogP contribution is -2.46. The fraction of sp³-hybridized carbons (Fsp3) is 0.192. The molecule has 14 heteroatoms. The highest BCUT2D eigenvalue weighted by atomic mass is 32.2. The summed E-state index contributed by atoms with van der Waals surface area (Å²) in [6.45, 7) is 2.63. The van der Waals surface area contributed by atoms with Crippen LogP contribution in [0.5, 0.6) is 0 Å². The topological polar surface area (TPSA) is 157 Å². The molecule has 0 spiro atoms. The van der Waals surface area contributed by atoms with Gasteiger partial charge < -0.3 is 4.90 Å². The minimum absolute atomic E-state index is 0.0301. The lowest BCUT2D eigenvalue weighted by atomic mass is 10.1. The number of nitrogens with one attached hydrogen (secondary N) is 1. The van der Waals surface area contributed by atoms with Crippen LogP contribution in [-0.4, -0.2) is 59.1 Å². The molecule has 40 heavy (non-hydrogen) atoms. The maximum absolute atomic E-state index is 13.0. The maximum atomic E-state index is 13.0. The van der Waals surface area contributed by atoms with Crippen molar-refractivity contribution in [3.8, 4) is 5.69 Å². The van der Waals surface area contributed by atoms with Gasteiger partial charge in [0.2, 0.25) is 0 Å². The molecular weight excluding hydrogens is 538 g/mol. The summed E-state index contributed by atoms with van der Waals surface area (Å²) in [6, 6.07) is 18.7. The van der Waals surface area contributed by atoms with Crippen molar-refractivity contribution in [2.45, 2.75) is 11.4 Å². The Kier molecular flexibility index (Phi) is 7.44. The molecule has 2 heterocycles. The fourth-order valence-corrected chi connectivity index (χ4v) is 5.65. The van der Waals surface area contributed by atoms with E-state index in [2.05, 4.69) is 14.7 Å². The van der Waals surface area contributed by atoms with Crippen LogP contribution < -0.4 is 9.62 Å². The zero-order valence-corrected chi connectivity index (χ0v) is 22.0. The van der Waals surface area contributed by atoms with Gasteiger partial charge in [0.15, 0.2) is 0 Å². The fourth-order valence-electron chi connectivity index (χ4n) is 4.58. The van der Waals surface area contributed by atoms with Crippen LogP contribution in [0.15, 0.2) is 90.1 Å². The van der Waals surface area contributed by atoms with Crippen LogP contribution in [0.1, 0.15) is 5.56 Å². The highest BCUT2D eigenvalue weighted by Gasteiger charge is 2.27. The Hall–Kier alpha value is -4.82. The summed E-state index contributed by atoms with van der Waals surface area (Å²) in [4.78, 5) is 25.7. The Labute approximate surface area is 229 Å². The largest absolute Gasteiger partial charge is 0.363 e. The van der Waals surface area contributed by atoms with Gasteiger partial charge in [-0.1, -0.05) is 12.1 Å². The molecule has 1 aliphatic heterocycles. The Morgan fingerprint density at radius 1 is 0.875 bits per heavy atom. The SMILES string of the molecule is O=[N+]([O-])c1cccc(CN2CCN(c3ccc(S(=O)(=O)Nc4ccc(-n5cccn5)cc4)cc3[N+](=O)[O-])CC2)c1. The molecule has 0 unspecified atom stereocenters. The second-order valence-corrected chi connectivity index (χ2v) is 10.9. The minimum atomic E-state index is -4.09. The summed E-state index contributed by atoms with van der Waals surface area (Å²) in [5.74, 6) is 0. The molecule has 1 fully saturated rings. The average molecular weight is 564 g/mol. The molecule has 0 atom stereocenters. The van der Waals surface area contributed by atoms with E-state index in [-0.39, 0.29) is 16.3 Å². The molecule has 206 valence electrons. The smallest absolute Gasteiger partial charge is 0.293 e. The summed E-state index contributed by atoms with van der Waals surface area (Å²) in [7, 11) is -4.09. The Balaban J connectivity index is 1.27. The van der Waals surface area contributed by atoms with Crippen LogP contribution in [0.4, 0.5) is 22.7 Å². The molecule has 13 nitrogen and oxygen atoms in total. The third kappa shape index (κ3) is 5.92. The van der Waals surface area contributed by atoms with Crippen molar-refractivity contribution in [3.05, 3.63) is 111 Å². The molecule has 4 aromatic rings. The Bertz CT molecular complexity index is 1630. The molecule has 0 amide bonds. The number of anilines is 2. The third-order valence-electron chi connectivity index (χ3n) is 6.58. The Morgan fingerprint density at radius 3 is 2.27 bits per heavy atom. The predicted molar refractivity (Wildman–Crippen MR) is 148 cm³/mol. The molecule has 1 aromatic heterocycles. The van der Waals surface area contributed by atoms with E-state index >= 15 is 0 Å². The maximum Gasteiger partial charge on any atom is 0.293 e. The normalized spacial score (nSPS) is 14.2. The van der Waals surface area contributed by atoms with Gasteiger partial charge in [-0.3, -0.25) is 29.9 Å². The molecule has 0 saturated carbocycles. The molecule has 0 radical (unpaired) electrons. The van der Waals surface area contributed by atoms with Crippen LogP contribution in [0.2, 0.25) is 0 Å². The van der Waals surface area contributed by atoms with Crippen LogP contribution in [0.3, 0.4) is 0 Å². The summed E-state index contributed by atoms with van der Waals surface area (Å²) >= 11 is 0. The van der Waals surface area contributed by atoms with Crippen molar-refractivity contribution in [3.63, 3.8) is 0 Å². The summed E-state index contributed by atoms with van der Waals surface area (Å²) in [5.41, 5.74) is 1.93. The number of rotatable bonds is 9. The van der Waals surface area contributed by atoms with Gasteiger partial charge in [0.05, 0.1) is 20.4 Å². The first-order valence-corrected chi connectivity index (χ1v) is 13.8. The second kappa shape index (κ2) is 11.1. The highest BCUT2D eigenvalue weighted by molar-refractivity contribution is 7.92. The first-order chi connectivity index (χ1) is 19.2. The third-order valence-corrected chi connectivity index (χ3v) is 7.96. The molecule has 1 saturated heterocycles. The summed E-state index contributed by atoms with van der Waals surface area (Å²) in [6.07, 6.45) is 3.39. The van der Waals surface area contributed by atoms with E-state index in [9.17, 15) is 28.6 Å². The number of sulfonamides is 1. The Morgan fingerprint density at radius 2 is 1.62 bits per heavy atom. The van der Waals surface area contributed by atoms with E-state index in [0.717, 1.165) is 17.3 Å². The number of nitrogens with zero attached hydrogens (tertiary/aromatic N) is 6. The van der Waals surface area contributed by atoms with E-state index in [1.54, 1.807) is 53.5 Å². The number of non-ortho nitro benzene ring substituents is 1. The molecular formula is C26H25N7O6S. The number of aromatic nitrogens is 2. The van der Waals surface area contributed by atoms with E-state index in [1.807, 2.05) is 11.0 Å². The van der Waals surface area contributed by atoms with Crippen molar-refractivity contribution in [1.29, 1.82) is 0 Å². The lowest BCUT2D eigenvalue weighted by Gasteiger charge is -2.35. The summed E-state index contributed by atoms with van der Waals surface area (Å²) < 4.78 is 30.2. The van der Waals surface area contributed by atoms with Gasteiger partial charge >= 0.3 is 0 Å². The van der Waals surface area contributed by atoms with Crippen LogP contribution in [0.25, 0.3) is 5.69 Å². The molecule has 0 aliphatic carbocycles. The van der Waals surface area contributed by atoms with E-state index in [0.29, 0.717) is 44.1 Å². The monoisotopic (exact) mass is 563 g/mol. The quantitative estimate of drug-likeness (QED) is 0.236. The first kappa shape index (κ1) is 26.8. The molecule has 3 aromatic carbocycles. The van der Waals surface area contributed by atoms with Crippen molar-refractivity contribution >= 4 is 32.8 Å². The second-order valence-electron chi connectivity index (χ2n) is 9.20. The average Bonchev–Trinajstić information content (AvgIpc) is 3.49. The van der Waals surface area contributed by atoms with Gasteiger partial charge in [-0.15, -0.1) is 0 Å². The van der Waals surface area contributed by atoms with Crippen molar-refractivity contribution in [1.82, 2.24) is 14.7 Å². The van der Waals surface area contributed by atoms with E-state index < -0.39 is 19.9 Å². The number of nitro benzene ring substituents is 2. The number of benzene rings is 3. The zero-order chi connectivity index (χ0) is 28.3. The molecule has 1 aliphatic rings. The van der Waals surface area contributed by atoms with Crippen LogP contribution >= 0.6 is 0 Å². The number of piperazine rings is 1. The molecule has 5 rings (SSSR count). The van der Waals surface area contributed by atoms with Gasteiger partial charge in [-0.2, -0.15) is 5.10 Å². The van der Waals surface area contributed by atoms with Gasteiger partial charge in [-0.25, -0.2) is 13.1 Å². The van der Waals surface area contributed by atoms with E-state index in [4.69, 9.17) is 0 Å². The predicted octanol–water partition coefficient (Wildman–Crippen LogP) is 3.81. The molecule has 0 bridgehead atoms.